The van der Waals surface area contributed by atoms with E-state index in [4.69, 9.17) is 5.73 Å². The summed E-state index contributed by atoms with van der Waals surface area (Å²) in [7, 11) is 0. The first kappa shape index (κ1) is 16.5. The number of rotatable bonds is 8. The Morgan fingerprint density at radius 3 is 2.70 bits per heavy atom. The second-order valence-electron chi connectivity index (χ2n) is 5.12. The van der Waals surface area contributed by atoms with Crippen molar-refractivity contribution in [2.75, 3.05) is 31.9 Å². The fourth-order valence-electron chi connectivity index (χ4n) is 2.21. The van der Waals surface area contributed by atoms with E-state index >= 15 is 0 Å². The summed E-state index contributed by atoms with van der Waals surface area (Å²) in [6.07, 6.45) is 1.14. The zero-order chi connectivity index (χ0) is 15.0. The Bertz CT molecular complexity index is 420. The molecule has 0 heterocycles. The minimum Gasteiger partial charge on any atom is -0.399 e. The summed E-state index contributed by atoms with van der Waals surface area (Å²) in [6, 6.07) is 7.52. The Kier molecular flexibility index (Phi) is 7.09. The van der Waals surface area contributed by atoms with Gasteiger partial charge in [-0.05, 0) is 44.1 Å². The molecule has 112 valence electrons. The molecular weight excluding hydrogens is 250 g/mol. The summed E-state index contributed by atoms with van der Waals surface area (Å²) in [4.78, 5) is 14.5. The van der Waals surface area contributed by atoms with Crippen LogP contribution in [0.3, 0.4) is 0 Å². The average Bonchev–Trinajstić information content (AvgIpc) is 2.45. The van der Waals surface area contributed by atoms with Gasteiger partial charge in [0.1, 0.15) is 0 Å². The van der Waals surface area contributed by atoms with Crippen molar-refractivity contribution in [3.63, 3.8) is 0 Å². The van der Waals surface area contributed by atoms with Gasteiger partial charge in [0, 0.05) is 18.8 Å². The van der Waals surface area contributed by atoms with Crippen LogP contribution in [0.25, 0.3) is 0 Å². The highest BCUT2D eigenvalue weighted by Gasteiger charge is 2.15. The zero-order valence-electron chi connectivity index (χ0n) is 12.9. The summed E-state index contributed by atoms with van der Waals surface area (Å²) in [6.45, 7) is 9.92. The number of carbonyl (C=O) groups is 1. The van der Waals surface area contributed by atoms with Crippen LogP contribution in [0.2, 0.25) is 0 Å². The van der Waals surface area contributed by atoms with Crippen molar-refractivity contribution >= 4 is 11.6 Å². The van der Waals surface area contributed by atoms with E-state index in [1.165, 1.54) is 0 Å². The lowest BCUT2D eigenvalue weighted by Crippen LogP contribution is -2.36. The lowest BCUT2D eigenvalue weighted by atomic mass is 10.00. The van der Waals surface area contributed by atoms with Gasteiger partial charge in [0.15, 0.2) is 0 Å². The van der Waals surface area contributed by atoms with Gasteiger partial charge in [-0.25, -0.2) is 0 Å². The van der Waals surface area contributed by atoms with E-state index in [1.807, 2.05) is 31.2 Å². The quantitative estimate of drug-likeness (QED) is 0.716. The molecule has 1 unspecified atom stereocenters. The standard InChI is InChI=1S/C16H27N3O/c1-4-10-19(5-2)11-9-18-16(20)13(3)14-7-6-8-15(17)12-14/h6-8,12-13H,4-5,9-11,17H2,1-3H3,(H,18,20). The molecule has 0 fully saturated rings. The van der Waals surface area contributed by atoms with Gasteiger partial charge >= 0.3 is 0 Å². The van der Waals surface area contributed by atoms with E-state index in [2.05, 4.69) is 24.1 Å². The number of carbonyl (C=O) groups excluding carboxylic acids is 1. The maximum atomic E-state index is 12.1. The molecule has 1 rings (SSSR count). The molecule has 0 aromatic heterocycles. The average molecular weight is 277 g/mol. The van der Waals surface area contributed by atoms with Crippen molar-refractivity contribution in [3.8, 4) is 0 Å². The molecule has 0 saturated heterocycles. The third-order valence-corrected chi connectivity index (χ3v) is 3.52. The number of nitrogens with zero attached hydrogens (tertiary/aromatic N) is 1. The second kappa shape index (κ2) is 8.59. The summed E-state index contributed by atoms with van der Waals surface area (Å²) >= 11 is 0. The molecule has 3 N–H and O–H groups in total. The third kappa shape index (κ3) is 5.21. The molecule has 0 bridgehead atoms. The normalized spacial score (nSPS) is 12.4. The molecule has 1 amide bonds. The Balaban J connectivity index is 2.42. The predicted molar refractivity (Wildman–Crippen MR) is 84.7 cm³/mol. The van der Waals surface area contributed by atoms with Gasteiger partial charge in [-0.2, -0.15) is 0 Å². The molecule has 1 aromatic rings. The summed E-state index contributed by atoms with van der Waals surface area (Å²) in [5.41, 5.74) is 7.41. The van der Waals surface area contributed by atoms with E-state index in [0.717, 1.165) is 31.6 Å². The largest absolute Gasteiger partial charge is 0.399 e. The fourth-order valence-corrected chi connectivity index (χ4v) is 2.21. The Morgan fingerprint density at radius 2 is 2.10 bits per heavy atom. The summed E-state index contributed by atoms with van der Waals surface area (Å²) < 4.78 is 0. The monoisotopic (exact) mass is 277 g/mol. The van der Waals surface area contributed by atoms with E-state index < -0.39 is 0 Å². The molecule has 1 atom stereocenters. The number of hydrogen-bond donors (Lipinski definition) is 2. The number of anilines is 1. The van der Waals surface area contributed by atoms with Crippen molar-refractivity contribution in [2.45, 2.75) is 33.1 Å². The van der Waals surface area contributed by atoms with Crippen molar-refractivity contribution in [1.29, 1.82) is 0 Å². The number of hydrogen-bond acceptors (Lipinski definition) is 3. The number of nitrogens with two attached hydrogens (primary N) is 1. The lowest BCUT2D eigenvalue weighted by Gasteiger charge is -2.20. The van der Waals surface area contributed by atoms with Crippen molar-refractivity contribution in [1.82, 2.24) is 10.2 Å². The summed E-state index contributed by atoms with van der Waals surface area (Å²) in [5.74, 6) is -0.108. The number of benzene rings is 1. The molecule has 0 aliphatic heterocycles. The highest BCUT2D eigenvalue weighted by molar-refractivity contribution is 5.83. The van der Waals surface area contributed by atoms with Crippen LogP contribution in [-0.2, 0) is 4.79 Å². The number of nitrogens with one attached hydrogen (secondary N) is 1. The minimum absolute atomic E-state index is 0.0585. The maximum Gasteiger partial charge on any atom is 0.227 e. The van der Waals surface area contributed by atoms with Gasteiger partial charge in [-0.15, -0.1) is 0 Å². The Morgan fingerprint density at radius 1 is 1.35 bits per heavy atom. The molecule has 0 spiro atoms. The first-order valence-corrected chi connectivity index (χ1v) is 7.44. The Hall–Kier alpha value is -1.55. The van der Waals surface area contributed by atoms with Crippen LogP contribution in [0, 0.1) is 0 Å². The van der Waals surface area contributed by atoms with E-state index in [0.29, 0.717) is 12.2 Å². The highest BCUT2D eigenvalue weighted by Crippen LogP contribution is 2.17. The Labute approximate surface area is 122 Å². The number of amides is 1. The first-order chi connectivity index (χ1) is 9.58. The van der Waals surface area contributed by atoms with Crippen molar-refractivity contribution in [2.24, 2.45) is 0 Å². The van der Waals surface area contributed by atoms with Crippen LogP contribution in [0.15, 0.2) is 24.3 Å². The second-order valence-corrected chi connectivity index (χ2v) is 5.12. The maximum absolute atomic E-state index is 12.1. The van der Waals surface area contributed by atoms with E-state index in [-0.39, 0.29) is 11.8 Å². The molecule has 0 aliphatic carbocycles. The smallest absolute Gasteiger partial charge is 0.227 e. The SMILES string of the molecule is CCCN(CC)CCNC(=O)C(C)c1cccc(N)c1. The first-order valence-electron chi connectivity index (χ1n) is 7.44. The van der Waals surface area contributed by atoms with Crippen molar-refractivity contribution in [3.05, 3.63) is 29.8 Å². The van der Waals surface area contributed by atoms with Gasteiger partial charge < -0.3 is 16.0 Å². The van der Waals surface area contributed by atoms with Crippen LogP contribution in [-0.4, -0.2) is 37.0 Å². The van der Waals surface area contributed by atoms with E-state index in [9.17, 15) is 4.79 Å². The van der Waals surface area contributed by atoms with Gasteiger partial charge in [0.05, 0.1) is 5.92 Å². The summed E-state index contributed by atoms with van der Waals surface area (Å²) in [5, 5.41) is 3.00. The molecule has 0 aliphatic rings. The molecule has 4 heteroatoms. The molecule has 20 heavy (non-hydrogen) atoms. The van der Waals surface area contributed by atoms with Crippen molar-refractivity contribution < 1.29 is 4.79 Å². The van der Waals surface area contributed by atoms with Crippen LogP contribution in [0.4, 0.5) is 5.69 Å². The van der Waals surface area contributed by atoms with Crippen LogP contribution in [0.5, 0.6) is 0 Å². The predicted octanol–water partition coefficient (Wildman–Crippen LogP) is 2.22. The minimum atomic E-state index is -0.167. The van der Waals surface area contributed by atoms with Crippen LogP contribution >= 0.6 is 0 Å². The lowest BCUT2D eigenvalue weighted by molar-refractivity contribution is -0.122. The molecule has 0 saturated carbocycles. The van der Waals surface area contributed by atoms with Gasteiger partial charge in [-0.3, -0.25) is 4.79 Å². The molecule has 1 aromatic carbocycles. The zero-order valence-corrected chi connectivity index (χ0v) is 12.9. The van der Waals surface area contributed by atoms with Crippen LogP contribution < -0.4 is 11.1 Å². The topological polar surface area (TPSA) is 58.4 Å². The fraction of sp³-hybridized carbons (Fsp3) is 0.562. The number of nitrogen functional groups attached to an aromatic ring is 1. The highest BCUT2D eigenvalue weighted by atomic mass is 16.1. The number of likely N-dealkylation sites (N-methyl/N-ethyl adjacent to an activating group) is 1. The van der Waals surface area contributed by atoms with Gasteiger partial charge in [0.2, 0.25) is 5.91 Å². The molecule has 4 nitrogen and oxygen atoms in total. The van der Waals surface area contributed by atoms with Crippen LogP contribution in [0.1, 0.15) is 38.7 Å². The van der Waals surface area contributed by atoms with Gasteiger partial charge in [-0.1, -0.05) is 26.0 Å². The molecular formula is C16H27N3O. The van der Waals surface area contributed by atoms with E-state index in [1.54, 1.807) is 0 Å². The van der Waals surface area contributed by atoms with Gasteiger partial charge in [0.25, 0.3) is 0 Å². The third-order valence-electron chi connectivity index (χ3n) is 3.52. The molecule has 0 radical (unpaired) electrons.